The van der Waals surface area contributed by atoms with Gasteiger partial charge >= 0.3 is 11.6 Å². The summed E-state index contributed by atoms with van der Waals surface area (Å²) in [5, 5.41) is 1.59. The molecule has 0 aliphatic rings. The molecule has 2 aromatic heterocycles. The molecular weight excluding hydrogens is 348 g/mol. The number of ether oxygens (including phenoxy) is 2. The van der Waals surface area contributed by atoms with Crippen molar-refractivity contribution in [1.82, 2.24) is 0 Å². The molecule has 6 nitrogen and oxygen atoms in total. The van der Waals surface area contributed by atoms with E-state index in [0.717, 1.165) is 16.5 Å². The highest BCUT2D eigenvalue weighted by molar-refractivity contribution is 5.95. The Balaban J connectivity index is 1.88. The monoisotopic (exact) mass is 364 g/mol. The van der Waals surface area contributed by atoms with E-state index in [9.17, 15) is 9.59 Å². The molecule has 0 bridgehead atoms. The maximum atomic E-state index is 12.0. The van der Waals surface area contributed by atoms with E-state index in [-0.39, 0.29) is 6.61 Å². The van der Waals surface area contributed by atoms with Gasteiger partial charge in [-0.3, -0.25) is 0 Å². The molecule has 27 heavy (non-hydrogen) atoms. The lowest BCUT2D eigenvalue weighted by molar-refractivity contribution is -0.142. The number of rotatable bonds is 4. The number of esters is 1. The number of fused-ring (bicyclic) bond motifs is 2. The average Bonchev–Trinajstić information content (AvgIpc) is 3.09. The highest BCUT2D eigenvalue weighted by atomic mass is 16.6. The largest absolute Gasteiger partial charge is 0.482 e. The zero-order valence-electron chi connectivity index (χ0n) is 14.8. The van der Waals surface area contributed by atoms with Crippen LogP contribution >= 0.6 is 0 Å². The Bertz CT molecular complexity index is 1180. The van der Waals surface area contributed by atoms with Crippen LogP contribution in [0.5, 0.6) is 5.75 Å². The van der Waals surface area contributed by atoms with E-state index in [2.05, 4.69) is 4.74 Å². The summed E-state index contributed by atoms with van der Waals surface area (Å²) in [6.45, 7) is 1.60. The highest BCUT2D eigenvalue weighted by Gasteiger charge is 2.15. The fourth-order valence-electron chi connectivity index (χ4n) is 2.96. The lowest BCUT2D eigenvalue weighted by atomic mass is 10.0. The minimum Gasteiger partial charge on any atom is -0.482 e. The number of carbonyl (C=O) groups is 1. The molecule has 0 atom stereocenters. The Labute approximate surface area is 153 Å². The van der Waals surface area contributed by atoms with Gasteiger partial charge in [0, 0.05) is 22.4 Å². The molecule has 0 unspecified atom stereocenters. The molecule has 0 radical (unpaired) electrons. The molecule has 0 saturated heterocycles. The van der Waals surface area contributed by atoms with Crippen molar-refractivity contribution in [1.29, 1.82) is 0 Å². The van der Waals surface area contributed by atoms with Crippen molar-refractivity contribution in [3.05, 3.63) is 64.5 Å². The molecule has 0 aliphatic heterocycles. The highest BCUT2D eigenvalue weighted by Crippen LogP contribution is 2.35. The zero-order chi connectivity index (χ0) is 19.0. The number of benzene rings is 2. The number of methoxy groups -OCH3 is 1. The molecule has 2 aromatic carbocycles. The SMILES string of the molecule is COC(=O)COc1cc2c(-c3cc4ccccc4o3)cc(=O)oc2cc1C. The van der Waals surface area contributed by atoms with Crippen LogP contribution < -0.4 is 10.4 Å². The topological polar surface area (TPSA) is 78.9 Å². The van der Waals surface area contributed by atoms with Crippen LogP contribution in [-0.4, -0.2) is 19.7 Å². The van der Waals surface area contributed by atoms with Crippen LogP contribution in [-0.2, 0) is 9.53 Å². The van der Waals surface area contributed by atoms with Gasteiger partial charge in [-0.25, -0.2) is 9.59 Å². The van der Waals surface area contributed by atoms with E-state index in [1.807, 2.05) is 30.3 Å². The van der Waals surface area contributed by atoms with E-state index in [4.69, 9.17) is 13.6 Å². The van der Waals surface area contributed by atoms with Crippen LogP contribution in [0.25, 0.3) is 33.3 Å². The maximum absolute atomic E-state index is 12.0. The fraction of sp³-hybridized carbons (Fsp3) is 0.143. The molecule has 0 fully saturated rings. The normalized spacial score (nSPS) is 11.0. The number of carbonyl (C=O) groups excluding carboxylic acids is 1. The third-order valence-corrected chi connectivity index (χ3v) is 4.30. The van der Waals surface area contributed by atoms with Gasteiger partial charge in [0.1, 0.15) is 22.7 Å². The van der Waals surface area contributed by atoms with Gasteiger partial charge in [0.15, 0.2) is 6.61 Å². The Hall–Kier alpha value is -3.54. The zero-order valence-corrected chi connectivity index (χ0v) is 14.8. The van der Waals surface area contributed by atoms with E-state index in [1.54, 1.807) is 19.1 Å². The van der Waals surface area contributed by atoms with Gasteiger partial charge in [0.25, 0.3) is 0 Å². The molecule has 4 aromatic rings. The van der Waals surface area contributed by atoms with Crippen LogP contribution in [0.15, 0.2) is 62.2 Å². The summed E-state index contributed by atoms with van der Waals surface area (Å²) in [6, 6.07) is 14.3. The molecule has 0 spiro atoms. The van der Waals surface area contributed by atoms with E-state index >= 15 is 0 Å². The smallest absolute Gasteiger partial charge is 0.343 e. The lowest BCUT2D eigenvalue weighted by Crippen LogP contribution is -2.13. The van der Waals surface area contributed by atoms with Crippen molar-refractivity contribution in [2.24, 2.45) is 0 Å². The predicted molar refractivity (Wildman–Crippen MR) is 99.9 cm³/mol. The molecular formula is C21H16O6. The quantitative estimate of drug-likeness (QED) is 0.401. The van der Waals surface area contributed by atoms with Gasteiger partial charge in [-0.2, -0.15) is 0 Å². The van der Waals surface area contributed by atoms with Crippen LogP contribution in [0.2, 0.25) is 0 Å². The number of hydrogen-bond donors (Lipinski definition) is 0. The van der Waals surface area contributed by atoms with E-state index in [1.165, 1.54) is 13.2 Å². The predicted octanol–water partition coefficient (Wildman–Crippen LogP) is 4.07. The van der Waals surface area contributed by atoms with Crippen molar-refractivity contribution >= 4 is 27.9 Å². The van der Waals surface area contributed by atoms with Gasteiger partial charge in [-0.15, -0.1) is 0 Å². The Morgan fingerprint density at radius 1 is 1.04 bits per heavy atom. The average molecular weight is 364 g/mol. The Morgan fingerprint density at radius 2 is 1.85 bits per heavy atom. The maximum Gasteiger partial charge on any atom is 0.343 e. The lowest BCUT2D eigenvalue weighted by Gasteiger charge is -2.10. The fourth-order valence-corrected chi connectivity index (χ4v) is 2.96. The van der Waals surface area contributed by atoms with Crippen LogP contribution in [0, 0.1) is 6.92 Å². The number of para-hydroxylation sites is 1. The van der Waals surface area contributed by atoms with Crippen molar-refractivity contribution in [2.75, 3.05) is 13.7 Å². The first kappa shape index (κ1) is 16.9. The Morgan fingerprint density at radius 3 is 2.63 bits per heavy atom. The number of aryl methyl sites for hydroxylation is 1. The molecule has 0 amide bonds. The second-order valence-corrected chi connectivity index (χ2v) is 6.11. The van der Waals surface area contributed by atoms with E-state index in [0.29, 0.717) is 28.0 Å². The van der Waals surface area contributed by atoms with Crippen molar-refractivity contribution in [2.45, 2.75) is 6.92 Å². The van der Waals surface area contributed by atoms with Gasteiger partial charge in [-0.1, -0.05) is 18.2 Å². The summed E-state index contributed by atoms with van der Waals surface area (Å²) in [4.78, 5) is 23.4. The van der Waals surface area contributed by atoms with Gasteiger partial charge in [0.2, 0.25) is 0 Å². The third-order valence-electron chi connectivity index (χ3n) is 4.30. The van der Waals surface area contributed by atoms with Gasteiger partial charge in [0.05, 0.1) is 7.11 Å². The molecule has 2 heterocycles. The first-order valence-corrected chi connectivity index (χ1v) is 8.32. The molecule has 136 valence electrons. The second kappa shape index (κ2) is 6.64. The summed E-state index contributed by atoms with van der Waals surface area (Å²) >= 11 is 0. The van der Waals surface area contributed by atoms with Crippen LogP contribution in [0.3, 0.4) is 0 Å². The molecule has 0 saturated carbocycles. The summed E-state index contributed by atoms with van der Waals surface area (Å²) in [5.74, 6) is 0.572. The van der Waals surface area contributed by atoms with Gasteiger partial charge < -0.3 is 18.3 Å². The first-order chi connectivity index (χ1) is 13.0. The number of furan rings is 1. The second-order valence-electron chi connectivity index (χ2n) is 6.11. The van der Waals surface area contributed by atoms with Crippen molar-refractivity contribution in [3.8, 4) is 17.1 Å². The van der Waals surface area contributed by atoms with Crippen LogP contribution in [0.1, 0.15) is 5.56 Å². The first-order valence-electron chi connectivity index (χ1n) is 8.32. The standard InChI is InChI=1S/C21H16O6/c1-12-7-18-14(9-17(12)25-11-21(23)24-2)15(10-20(22)27-18)19-8-13-5-3-4-6-16(13)26-19/h3-10H,11H2,1-2H3. The van der Waals surface area contributed by atoms with E-state index < -0.39 is 11.6 Å². The Kier molecular flexibility index (Phi) is 4.16. The minimum atomic E-state index is -0.480. The minimum absolute atomic E-state index is 0.209. The van der Waals surface area contributed by atoms with Crippen molar-refractivity contribution in [3.63, 3.8) is 0 Å². The summed E-state index contributed by atoms with van der Waals surface area (Å²) in [5.41, 5.74) is 2.00. The third kappa shape index (κ3) is 3.17. The molecule has 0 N–H and O–H groups in total. The molecule has 0 aliphatic carbocycles. The van der Waals surface area contributed by atoms with Gasteiger partial charge in [-0.05, 0) is 36.8 Å². The molecule has 6 heteroatoms. The number of hydrogen-bond acceptors (Lipinski definition) is 6. The summed E-state index contributed by atoms with van der Waals surface area (Å²) in [6.07, 6.45) is 0. The molecule has 4 rings (SSSR count). The van der Waals surface area contributed by atoms with Crippen molar-refractivity contribution < 1.29 is 23.1 Å². The van der Waals surface area contributed by atoms with Crippen LogP contribution in [0.4, 0.5) is 0 Å². The summed E-state index contributed by atoms with van der Waals surface area (Å²) < 4.78 is 21.4. The summed E-state index contributed by atoms with van der Waals surface area (Å²) in [7, 11) is 1.30.